The number of carbonyl (C=O) groups is 2. The molecule has 4 nitrogen and oxygen atoms in total. The van der Waals surface area contributed by atoms with Gasteiger partial charge in [0.15, 0.2) is 0 Å². The lowest BCUT2D eigenvalue weighted by molar-refractivity contribution is -0.143. The van der Waals surface area contributed by atoms with Crippen LogP contribution in [0.4, 0.5) is 0 Å². The summed E-state index contributed by atoms with van der Waals surface area (Å²) < 4.78 is 4.71. The smallest absolute Gasteiger partial charge is 0.305 e. The van der Waals surface area contributed by atoms with Gasteiger partial charge in [-0.3, -0.25) is 9.59 Å². The average molecular weight is 185 g/mol. The van der Waals surface area contributed by atoms with E-state index in [4.69, 9.17) is 10.5 Å². The fraction of sp³-hybridized carbons (Fsp3) is 0.556. The van der Waals surface area contributed by atoms with Crippen LogP contribution in [0.5, 0.6) is 0 Å². The average Bonchev–Trinajstić information content (AvgIpc) is 2.03. The highest BCUT2D eigenvalue weighted by molar-refractivity contribution is 5.85. The molecule has 13 heavy (non-hydrogen) atoms. The Kier molecular flexibility index (Phi) is 6.59. The lowest BCUT2D eigenvalue weighted by Crippen LogP contribution is -2.05. The first-order valence-electron chi connectivity index (χ1n) is 4.28. The molecule has 0 aromatic heterocycles. The molecule has 0 aromatic carbocycles. The van der Waals surface area contributed by atoms with Crippen LogP contribution in [0.15, 0.2) is 12.2 Å². The van der Waals surface area contributed by atoms with Crippen molar-refractivity contribution in [1.82, 2.24) is 0 Å². The largest absolute Gasteiger partial charge is 0.466 e. The second kappa shape index (κ2) is 7.34. The van der Waals surface area contributed by atoms with Crippen LogP contribution in [0.1, 0.15) is 26.2 Å². The summed E-state index contributed by atoms with van der Waals surface area (Å²) in [6, 6.07) is 0. The van der Waals surface area contributed by atoms with Gasteiger partial charge in [-0.05, 0) is 25.8 Å². The molecule has 0 saturated heterocycles. The second-order valence-electron chi connectivity index (χ2n) is 2.50. The number of ether oxygens (including phenoxy) is 1. The van der Waals surface area contributed by atoms with E-state index in [-0.39, 0.29) is 5.97 Å². The van der Waals surface area contributed by atoms with Crippen LogP contribution in [0.2, 0.25) is 0 Å². The number of nitrogens with two attached hydrogens (primary N) is 1. The molecule has 0 fully saturated rings. The zero-order chi connectivity index (χ0) is 10.1. The Morgan fingerprint density at radius 3 is 2.69 bits per heavy atom. The van der Waals surface area contributed by atoms with Crippen LogP contribution in [0, 0.1) is 0 Å². The maximum atomic E-state index is 10.8. The normalized spacial score (nSPS) is 10.2. The molecule has 0 aromatic rings. The third-order valence-corrected chi connectivity index (χ3v) is 1.34. The molecule has 0 bridgehead atoms. The number of allylic oxidation sites excluding steroid dienone is 1. The minimum atomic E-state index is -0.462. The summed E-state index contributed by atoms with van der Waals surface area (Å²) in [4.78, 5) is 21.0. The number of carbonyl (C=O) groups excluding carboxylic acids is 2. The molecule has 0 aliphatic rings. The Morgan fingerprint density at radius 2 is 2.15 bits per heavy atom. The third kappa shape index (κ3) is 8.59. The highest BCUT2D eigenvalue weighted by Gasteiger charge is 1.98. The summed E-state index contributed by atoms with van der Waals surface area (Å²) in [5.74, 6) is -0.661. The van der Waals surface area contributed by atoms with Crippen molar-refractivity contribution in [1.29, 1.82) is 0 Å². The monoisotopic (exact) mass is 185 g/mol. The summed E-state index contributed by atoms with van der Waals surface area (Å²) >= 11 is 0. The van der Waals surface area contributed by atoms with Gasteiger partial charge in [0, 0.05) is 6.42 Å². The quantitative estimate of drug-likeness (QED) is 0.377. The summed E-state index contributed by atoms with van der Waals surface area (Å²) in [7, 11) is 0. The number of hydrogen-bond acceptors (Lipinski definition) is 3. The van der Waals surface area contributed by atoms with Crippen LogP contribution in [-0.2, 0) is 14.3 Å². The first-order valence-corrected chi connectivity index (χ1v) is 4.28. The first kappa shape index (κ1) is 11.7. The number of hydrogen-bond donors (Lipinski definition) is 1. The highest BCUT2D eigenvalue weighted by atomic mass is 16.5. The van der Waals surface area contributed by atoms with Crippen LogP contribution >= 0.6 is 0 Å². The zero-order valence-electron chi connectivity index (χ0n) is 7.79. The Hall–Kier alpha value is -1.32. The molecule has 4 heteroatoms. The van der Waals surface area contributed by atoms with Crippen molar-refractivity contribution in [2.45, 2.75) is 26.2 Å². The summed E-state index contributed by atoms with van der Waals surface area (Å²) in [5, 5.41) is 0. The molecule has 0 heterocycles. The highest BCUT2D eigenvalue weighted by Crippen LogP contribution is 1.98. The third-order valence-electron chi connectivity index (χ3n) is 1.34. The van der Waals surface area contributed by atoms with E-state index in [2.05, 4.69) is 0 Å². The molecule has 0 aliphatic heterocycles. The molecule has 1 amide bonds. The molecular weight excluding hydrogens is 170 g/mol. The van der Waals surface area contributed by atoms with Gasteiger partial charge in [-0.25, -0.2) is 0 Å². The number of unbranched alkanes of at least 4 members (excludes halogenated alkanes) is 1. The van der Waals surface area contributed by atoms with E-state index < -0.39 is 5.91 Å². The van der Waals surface area contributed by atoms with Gasteiger partial charge in [-0.2, -0.15) is 0 Å². The minimum Gasteiger partial charge on any atom is -0.466 e. The number of amides is 1. The van der Waals surface area contributed by atoms with Crippen LogP contribution in [0.3, 0.4) is 0 Å². The van der Waals surface area contributed by atoms with Gasteiger partial charge < -0.3 is 10.5 Å². The van der Waals surface area contributed by atoms with Crippen LogP contribution < -0.4 is 5.73 Å². The van der Waals surface area contributed by atoms with Crippen molar-refractivity contribution in [3.63, 3.8) is 0 Å². The van der Waals surface area contributed by atoms with Gasteiger partial charge in [-0.15, -0.1) is 0 Å². The van der Waals surface area contributed by atoms with Crippen molar-refractivity contribution >= 4 is 11.9 Å². The lowest BCUT2D eigenvalue weighted by atomic mass is 10.2. The van der Waals surface area contributed by atoms with Gasteiger partial charge >= 0.3 is 5.97 Å². The van der Waals surface area contributed by atoms with E-state index >= 15 is 0 Å². The molecular formula is C9H15NO3. The SMILES string of the molecule is CCOC(=O)CCC/C=C/C(N)=O. The predicted octanol–water partition coefficient (Wildman–Crippen LogP) is 0.761. The molecule has 0 unspecified atom stereocenters. The Balaban J connectivity index is 3.35. The van der Waals surface area contributed by atoms with E-state index in [1.165, 1.54) is 6.08 Å². The summed E-state index contributed by atoms with van der Waals surface area (Å²) in [6.07, 6.45) is 4.69. The van der Waals surface area contributed by atoms with Crippen molar-refractivity contribution < 1.29 is 14.3 Å². The molecule has 0 saturated carbocycles. The number of esters is 1. The van der Waals surface area contributed by atoms with Crippen LogP contribution in [-0.4, -0.2) is 18.5 Å². The molecule has 0 spiro atoms. The molecule has 0 rings (SSSR count). The summed E-state index contributed by atoms with van der Waals surface area (Å²) in [5.41, 5.74) is 4.86. The number of primary amides is 1. The fourth-order valence-electron chi connectivity index (χ4n) is 0.797. The maximum Gasteiger partial charge on any atom is 0.305 e. The number of rotatable bonds is 6. The van der Waals surface area contributed by atoms with Crippen molar-refractivity contribution in [3.05, 3.63) is 12.2 Å². The van der Waals surface area contributed by atoms with E-state index in [1.807, 2.05) is 0 Å². The maximum absolute atomic E-state index is 10.8. The minimum absolute atomic E-state index is 0.199. The Labute approximate surface area is 77.7 Å². The Bertz CT molecular complexity index is 199. The molecule has 2 N–H and O–H groups in total. The molecule has 0 radical (unpaired) electrons. The summed E-state index contributed by atoms with van der Waals surface area (Å²) in [6.45, 7) is 2.18. The Morgan fingerprint density at radius 1 is 1.46 bits per heavy atom. The van der Waals surface area contributed by atoms with Gasteiger partial charge in [0.2, 0.25) is 5.91 Å². The van der Waals surface area contributed by atoms with Crippen molar-refractivity contribution in [2.24, 2.45) is 5.73 Å². The van der Waals surface area contributed by atoms with Crippen LogP contribution in [0.25, 0.3) is 0 Å². The fourth-order valence-corrected chi connectivity index (χ4v) is 0.797. The van der Waals surface area contributed by atoms with Crippen molar-refractivity contribution in [3.8, 4) is 0 Å². The standard InChI is InChI=1S/C9H15NO3/c1-2-13-9(12)7-5-3-4-6-8(10)11/h4,6H,2-3,5,7H2,1H3,(H2,10,11)/b6-4+. The predicted molar refractivity (Wildman–Crippen MR) is 48.8 cm³/mol. The van der Waals surface area contributed by atoms with Gasteiger partial charge in [0.05, 0.1) is 6.61 Å². The van der Waals surface area contributed by atoms with E-state index in [1.54, 1.807) is 13.0 Å². The topological polar surface area (TPSA) is 69.4 Å². The molecule has 0 atom stereocenters. The molecule has 0 aliphatic carbocycles. The first-order chi connectivity index (χ1) is 6.16. The lowest BCUT2D eigenvalue weighted by Gasteiger charge is -1.98. The second-order valence-corrected chi connectivity index (χ2v) is 2.50. The van der Waals surface area contributed by atoms with Gasteiger partial charge in [0.25, 0.3) is 0 Å². The van der Waals surface area contributed by atoms with E-state index in [0.29, 0.717) is 25.9 Å². The van der Waals surface area contributed by atoms with E-state index in [0.717, 1.165) is 0 Å². The zero-order valence-corrected chi connectivity index (χ0v) is 7.79. The van der Waals surface area contributed by atoms with E-state index in [9.17, 15) is 9.59 Å². The molecule has 74 valence electrons. The van der Waals surface area contributed by atoms with Crippen molar-refractivity contribution in [2.75, 3.05) is 6.61 Å². The van der Waals surface area contributed by atoms with Gasteiger partial charge in [0.1, 0.15) is 0 Å². The van der Waals surface area contributed by atoms with Gasteiger partial charge in [-0.1, -0.05) is 6.08 Å².